The maximum absolute atomic E-state index is 11.9. The number of hydrogen-bond acceptors (Lipinski definition) is 2. The van der Waals surface area contributed by atoms with Gasteiger partial charge in [-0.15, -0.1) is 0 Å². The molecule has 3 rings (SSSR count). The summed E-state index contributed by atoms with van der Waals surface area (Å²) in [7, 11) is 0. The monoisotopic (exact) mass is 357 g/mol. The minimum absolute atomic E-state index is 0.0704. The number of hydrogen-bond donors (Lipinski definition) is 2. The van der Waals surface area contributed by atoms with Crippen LogP contribution in [-0.4, -0.2) is 42.5 Å². The smallest absolute Gasteiger partial charge is 0.317 e. The van der Waals surface area contributed by atoms with E-state index in [1.807, 2.05) is 11.8 Å². The largest absolute Gasteiger partial charge is 0.353 e. The summed E-state index contributed by atoms with van der Waals surface area (Å²) >= 11 is 0. The van der Waals surface area contributed by atoms with Gasteiger partial charge in [0, 0.05) is 32.1 Å². The predicted molar refractivity (Wildman–Crippen MR) is 103 cm³/mol. The molecule has 142 valence electrons. The zero-order valence-electron chi connectivity index (χ0n) is 15.8. The summed E-state index contributed by atoms with van der Waals surface area (Å²) in [5, 5.41) is 5.92. The van der Waals surface area contributed by atoms with Crippen molar-refractivity contribution in [1.82, 2.24) is 15.5 Å². The van der Waals surface area contributed by atoms with Crippen LogP contribution in [0.2, 0.25) is 0 Å². The van der Waals surface area contributed by atoms with E-state index < -0.39 is 0 Å². The summed E-state index contributed by atoms with van der Waals surface area (Å²) in [6.07, 6.45) is 6.88. The molecule has 1 aromatic rings. The summed E-state index contributed by atoms with van der Waals surface area (Å²) < 4.78 is 0. The van der Waals surface area contributed by atoms with Gasteiger partial charge in [-0.1, -0.05) is 24.3 Å². The van der Waals surface area contributed by atoms with Crippen molar-refractivity contribution in [2.45, 2.75) is 57.9 Å². The molecule has 0 radical (unpaired) electrons. The van der Waals surface area contributed by atoms with Crippen LogP contribution in [-0.2, 0) is 17.6 Å². The molecular weight excluding hydrogens is 326 g/mol. The second kappa shape index (κ2) is 9.06. The Balaban J connectivity index is 1.39. The first kappa shape index (κ1) is 18.7. The van der Waals surface area contributed by atoms with Gasteiger partial charge in [0.1, 0.15) is 0 Å². The van der Waals surface area contributed by atoms with Crippen molar-refractivity contribution in [2.75, 3.05) is 19.6 Å². The van der Waals surface area contributed by atoms with Gasteiger partial charge in [-0.05, 0) is 62.5 Å². The topological polar surface area (TPSA) is 61.4 Å². The second-order valence-electron chi connectivity index (χ2n) is 7.63. The number of likely N-dealkylation sites (tertiary alicyclic amines) is 1. The third kappa shape index (κ3) is 5.75. The maximum atomic E-state index is 11.9. The minimum atomic E-state index is 0.0704. The van der Waals surface area contributed by atoms with Gasteiger partial charge < -0.3 is 15.5 Å². The summed E-state index contributed by atoms with van der Waals surface area (Å²) in [6, 6.07) is 9.23. The van der Waals surface area contributed by atoms with Crippen molar-refractivity contribution >= 4 is 11.9 Å². The number of nitrogens with one attached hydrogen (secondary N) is 2. The Hall–Kier alpha value is -2.04. The molecule has 2 fully saturated rings. The Kier molecular flexibility index (Phi) is 6.53. The van der Waals surface area contributed by atoms with Crippen molar-refractivity contribution in [1.29, 1.82) is 0 Å². The lowest BCUT2D eigenvalue weighted by Gasteiger charge is -2.32. The molecule has 1 aliphatic carbocycles. The predicted octanol–water partition coefficient (Wildman–Crippen LogP) is 2.88. The van der Waals surface area contributed by atoms with Crippen LogP contribution in [0.15, 0.2) is 24.3 Å². The molecule has 1 saturated heterocycles. The van der Waals surface area contributed by atoms with Gasteiger partial charge in [0.2, 0.25) is 5.91 Å². The Morgan fingerprint density at radius 1 is 1.04 bits per heavy atom. The van der Waals surface area contributed by atoms with Gasteiger partial charge in [0.15, 0.2) is 0 Å². The lowest BCUT2D eigenvalue weighted by Crippen LogP contribution is -2.44. The molecule has 1 heterocycles. The zero-order valence-corrected chi connectivity index (χ0v) is 15.8. The Morgan fingerprint density at radius 2 is 1.69 bits per heavy atom. The summed E-state index contributed by atoms with van der Waals surface area (Å²) in [5.41, 5.74) is 2.58. The summed E-state index contributed by atoms with van der Waals surface area (Å²) in [4.78, 5) is 25.6. The van der Waals surface area contributed by atoms with Crippen LogP contribution in [0.25, 0.3) is 0 Å². The van der Waals surface area contributed by atoms with E-state index in [9.17, 15) is 9.59 Å². The Bertz CT molecular complexity index is 602. The van der Waals surface area contributed by atoms with Crippen molar-refractivity contribution in [3.8, 4) is 0 Å². The normalized spacial score (nSPS) is 17.8. The molecule has 5 heteroatoms. The van der Waals surface area contributed by atoms with E-state index in [1.165, 1.54) is 11.1 Å². The first-order valence-electron chi connectivity index (χ1n) is 10.0. The lowest BCUT2D eigenvalue weighted by molar-refractivity contribution is -0.121. The van der Waals surface area contributed by atoms with Crippen molar-refractivity contribution in [3.63, 3.8) is 0 Å². The molecule has 0 spiro atoms. The van der Waals surface area contributed by atoms with Gasteiger partial charge in [-0.2, -0.15) is 0 Å². The highest BCUT2D eigenvalue weighted by molar-refractivity contribution is 5.76. The molecule has 1 aliphatic heterocycles. The highest BCUT2D eigenvalue weighted by atomic mass is 16.2. The van der Waals surface area contributed by atoms with Gasteiger partial charge in [0.25, 0.3) is 0 Å². The quantitative estimate of drug-likeness (QED) is 0.788. The highest BCUT2D eigenvalue weighted by Gasteiger charge is 2.23. The first-order valence-corrected chi connectivity index (χ1v) is 10.0. The molecule has 0 bridgehead atoms. The van der Waals surface area contributed by atoms with Crippen LogP contribution in [0.1, 0.15) is 50.2 Å². The fourth-order valence-corrected chi connectivity index (χ4v) is 3.56. The van der Waals surface area contributed by atoms with Gasteiger partial charge in [0.05, 0.1) is 0 Å². The van der Waals surface area contributed by atoms with E-state index in [2.05, 4.69) is 34.9 Å². The molecular formula is C21H31N3O2. The second-order valence-corrected chi connectivity index (χ2v) is 7.63. The Morgan fingerprint density at radius 3 is 2.31 bits per heavy atom. The van der Waals surface area contributed by atoms with Gasteiger partial charge in [-0.3, -0.25) is 4.79 Å². The average molecular weight is 357 g/mol. The van der Waals surface area contributed by atoms with Gasteiger partial charge >= 0.3 is 6.03 Å². The number of urea groups is 1. The summed E-state index contributed by atoms with van der Waals surface area (Å²) in [6.45, 7) is 4.34. The standard InChI is InChI=1S/C21H31N3O2/c1-2-22-21(26)24-13-11-18(12-14-24)15-17-5-3-16(4-6-17)7-10-20(25)23-19-8-9-19/h3-6,18-19H,2,7-15H2,1H3,(H,22,26)(H,23,25). The fourth-order valence-electron chi connectivity index (χ4n) is 3.56. The third-order valence-electron chi connectivity index (χ3n) is 5.36. The molecule has 2 aliphatic rings. The molecule has 3 amide bonds. The van der Waals surface area contributed by atoms with E-state index >= 15 is 0 Å². The SMILES string of the molecule is CCNC(=O)N1CCC(Cc2ccc(CCC(=O)NC3CC3)cc2)CC1. The number of carbonyl (C=O) groups is 2. The molecule has 26 heavy (non-hydrogen) atoms. The van der Waals surface area contributed by atoms with Crippen LogP contribution < -0.4 is 10.6 Å². The number of piperidine rings is 1. The first-order chi connectivity index (χ1) is 12.6. The highest BCUT2D eigenvalue weighted by Crippen LogP contribution is 2.22. The zero-order chi connectivity index (χ0) is 18.4. The van der Waals surface area contributed by atoms with Gasteiger partial charge in [-0.25, -0.2) is 4.79 Å². The van der Waals surface area contributed by atoms with Crippen LogP contribution in [0, 0.1) is 5.92 Å². The van der Waals surface area contributed by atoms with E-state index in [0.29, 0.717) is 24.9 Å². The molecule has 2 N–H and O–H groups in total. The fraction of sp³-hybridized carbons (Fsp3) is 0.619. The van der Waals surface area contributed by atoms with E-state index in [1.54, 1.807) is 0 Å². The molecule has 0 unspecified atom stereocenters. The van der Waals surface area contributed by atoms with E-state index in [4.69, 9.17) is 0 Å². The number of aryl methyl sites for hydroxylation is 1. The van der Waals surface area contributed by atoms with Crippen LogP contribution >= 0.6 is 0 Å². The Labute approximate surface area is 156 Å². The van der Waals surface area contributed by atoms with Crippen molar-refractivity contribution < 1.29 is 9.59 Å². The average Bonchev–Trinajstić information content (AvgIpc) is 3.46. The number of nitrogens with zero attached hydrogens (tertiary/aromatic N) is 1. The number of rotatable bonds is 7. The van der Waals surface area contributed by atoms with Crippen LogP contribution in [0.3, 0.4) is 0 Å². The molecule has 0 aromatic heterocycles. The number of carbonyl (C=O) groups excluding carboxylic acids is 2. The minimum Gasteiger partial charge on any atom is -0.353 e. The summed E-state index contributed by atoms with van der Waals surface area (Å²) in [5.74, 6) is 0.825. The van der Waals surface area contributed by atoms with Crippen LogP contribution in [0.5, 0.6) is 0 Å². The molecule has 1 aromatic carbocycles. The molecule has 5 nitrogen and oxygen atoms in total. The third-order valence-corrected chi connectivity index (χ3v) is 5.36. The van der Waals surface area contributed by atoms with E-state index in [0.717, 1.165) is 51.6 Å². The number of amides is 3. The molecule has 0 atom stereocenters. The maximum Gasteiger partial charge on any atom is 0.317 e. The molecule has 1 saturated carbocycles. The van der Waals surface area contributed by atoms with E-state index in [-0.39, 0.29) is 11.9 Å². The van der Waals surface area contributed by atoms with Crippen molar-refractivity contribution in [3.05, 3.63) is 35.4 Å². The van der Waals surface area contributed by atoms with Crippen LogP contribution in [0.4, 0.5) is 4.79 Å². The number of benzene rings is 1. The van der Waals surface area contributed by atoms with Crippen molar-refractivity contribution in [2.24, 2.45) is 5.92 Å². The lowest BCUT2D eigenvalue weighted by atomic mass is 9.90.